The lowest BCUT2D eigenvalue weighted by Gasteiger charge is -2.33. The number of H-pyrrole nitrogens is 3. The number of benzene rings is 4. The molecule has 0 aliphatic rings. The average Bonchev–Trinajstić information content (AvgIpc) is 1.71. The molecule has 0 spiro atoms. The third-order valence-electron chi connectivity index (χ3n) is 17.8. The molecule has 12 atom stereocenters. The van der Waals surface area contributed by atoms with Crippen molar-refractivity contribution in [3.63, 3.8) is 0 Å². The number of para-hydroxylation sites is 2. The van der Waals surface area contributed by atoms with Crippen LogP contribution in [0.25, 0.3) is 21.8 Å². The van der Waals surface area contributed by atoms with Crippen molar-refractivity contribution < 1.29 is 77.6 Å². The fourth-order valence-electron chi connectivity index (χ4n) is 11.7. The van der Waals surface area contributed by atoms with Crippen LogP contribution in [0.3, 0.4) is 0 Å². The molecule has 0 fully saturated rings. The van der Waals surface area contributed by atoms with Crippen molar-refractivity contribution in [2.45, 2.75) is 176 Å². The summed E-state index contributed by atoms with van der Waals surface area (Å²) in [5, 5.41) is 60.9. The Morgan fingerprint density at radius 1 is 0.477 bits per heavy atom. The summed E-state index contributed by atoms with van der Waals surface area (Å²) in [6, 6.07) is 11.0. The number of aliphatic hydroxyl groups is 1. The number of amides is 12. The van der Waals surface area contributed by atoms with E-state index in [2.05, 4.69) is 91.0 Å². The second-order valence-electron chi connectivity index (χ2n) is 28.0. The lowest BCUT2D eigenvalue weighted by Crippen LogP contribution is -2.64. The van der Waals surface area contributed by atoms with Crippen molar-refractivity contribution in [1.29, 1.82) is 0 Å². The van der Waals surface area contributed by atoms with Gasteiger partial charge in [0.05, 0.1) is 31.4 Å². The van der Waals surface area contributed by atoms with Gasteiger partial charge in [0.1, 0.15) is 66.2 Å². The molecule has 21 N–H and O–H groups in total. The van der Waals surface area contributed by atoms with E-state index in [1.54, 1.807) is 119 Å². The van der Waals surface area contributed by atoms with Gasteiger partial charge in [-0.1, -0.05) is 92.7 Å². The molecular formula is C74H95N17O16S2. The second kappa shape index (κ2) is 38.5. The number of phenols is 1. The second-order valence-corrected chi connectivity index (χ2v) is 30.3. The summed E-state index contributed by atoms with van der Waals surface area (Å²) in [4.78, 5) is 196. The van der Waals surface area contributed by atoms with Gasteiger partial charge < -0.3 is 100 Å². The number of carbonyl (C=O) groups is 13. The molecule has 3 aromatic heterocycles. The highest BCUT2D eigenvalue weighted by atomic mass is 32.1. The van der Waals surface area contributed by atoms with E-state index < -0.39 is 178 Å². The minimum Gasteiger partial charge on any atom is -0.508 e. The quantitative estimate of drug-likeness (QED) is 0.0212. The van der Waals surface area contributed by atoms with E-state index in [1.165, 1.54) is 64.5 Å². The molecule has 3 heterocycles. The number of aromatic hydroxyl groups is 1. The molecule has 4 aromatic carbocycles. The normalized spacial score (nSPS) is 14.9. The monoisotopic (exact) mass is 1540 g/mol. The van der Waals surface area contributed by atoms with E-state index in [9.17, 15) is 63.3 Å². The van der Waals surface area contributed by atoms with E-state index in [0.717, 1.165) is 0 Å². The van der Waals surface area contributed by atoms with Gasteiger partial charge in [-0.15, -0.1) is 0 Å². The Balaban J connectivity index is 1.16. The van der Waals surface area contributed by atoms with E-state index in [-0.39, 0.29) is 37.9 Å². The van der Waals surface area contributed by atoms with Crippen molar-refractivity contribution in [3.8, 4) is 5.75 Å². The van der Waals surface area contributed by atoms with Crippen LogP contribution in [-0.2, 0) is 94.4 Å². The molecule has 0 aliphatic carbocycles. The molecule has 7 aromatic rings. The maximum atomic E-state index is 15.3. The maximum Gasteiger partial charge on any atom is 0.305 e. The number of carboxylic acid groups (broad SMARTS) is 1. The van der Waals surface area contributed by atoms with Gasteiger partial charge in [-0.25, -0.2) is 4.98 Å². The first kappa shape index (κ1) is 85.0. The largest absolute Gasteiger partial charge is 0.508 e. The molecule has 109 heavy (non-hydrogen) atoms. The highest BCUT2D eigenvalue weighted by Gasteiger charge is 2.42. The van der Waals surface area contributed by atoms with Crippen molar-refractivity contribution in [2.75, 3.05) is 6.54 Å². The Morgan fingerprint density at radius 2 is 0.917 bits per heavy atom. The van der Waals surface area contributed by atoms with E-state index in [4.69, 9.17) is 24.1 Å². The number of hydrogen-bond acceptors (Lipinski definition) is 19. The fraction of sp³-hybridized carbons (Fsp3) is 0.405. The van der Waals surface area contributed by atoms with Gasteiger partial charge in [0.2, 0.25) is 70.9 Å². The number of aromatic amines is 3. The number of thiol groups is 2. The van der Waals surface area contributed by atoms with Gasteiger partial charge in [0.25, 0.3) is 0 Å². The van der Waals surface area contributed by atoms with Crippen molar-refractivity contribution >= 4 is 124 Å². The summed E-state index contributed by atoms with van der Waals surface area (Å²) in [5.74, 6) is -14.0. The lowest BCUT2D eigenvalue weighted by atomic mass is 9.97. The molecule has 0 saturated carbocycles. The van der Waals surface area contributed by atoms with Gasteiger partial charge in [-0.05, 0) is 94.0 Å². The fourth-order valence-corrected chi connectivity index (χ4v) is 12.0. The molecule has 0 bridgehead atoms. The van der Waals surface area contributed by atoms with Crippen LogP contribution in [0.2, 0.25) is 0 Å². The van der Waals surface area contributed by atoms with Crippen molar-refractivity contribution in [1.82, 2.24) is 78.4 Å². The molecule has 0 aliphatic heterocycles. The number of aromatic nitrogens is 4. The summed E-state index contributed by atoms with van der Waals surface area (Å²) < 4.78 is -2.52. The number of aliphatic hydroxyl groups excluding tert-OH is 1. The summed E-state index contributed by atoms with van der Waals surface area (Å²) in [6.45, 7) is 11.2. The Hall–Kier alpha value is -11.3. The first-order chi connectivity index (χ1) is 51.4. The van der Waals surface area contributed by atoms with Crippen LogP contribution >= 0.6 is 25.3 Å². The number of nitrogens with zero attached hydrogens (tertiary/aromatic N) is 1. The number of nitrogens with two attached hydrogens (primary N) is 2. The van der Waals surface area contributed by atoms with Crippen LogP contribution in [0, 0.1) is 5.92 Å². The van der Waals surface area contributed by atoms with E-state index in [0.29, 0.717) is 49.8 Å². The van der Waals surface area contributed by atoms with E-state index >= 15 is 14.4 Å². The molecule has 35 heteroatoms. The summed E-state index contributed by atoms with van der Waals surface area (Å²) in [5.41, 5.74) is 14.9. The lowest BCUT2D eigenvalue weighted by molar-refractivity contribution is -0.141. The van der Waals surface area contributed by atoms with Gasteiger partial charge in [-0.2, -0.15) is 25.3 Å². The summed E-state index contributed by atoms with van der Waals surface area (Å²) >= 11 is 9.07. The number of hydrogen-bond donors (Lipinski definition) is 21. The minimum absolute atomic E-state index is 0.0990. The first-order valence-electron chi connectivity index (χ1n) is 35.0. The van der Waals surface area contributed by atoms with Gasteiger partial charge in [0, 0.05) is 87.7 Å². The zero-order valence-electron chi connectivity index (χ0n) is 61.2. The molecule has 7 rings (SSSR count). The third-order valence-corrected chi connectivity index (χ3v) is 18.3. The Labute approximate surface area is 638 Å². The van der Waals surface area contributed by atoms with Crippen LogP contribution in [0.1, 0.15) is 89.8 Å². The molecule has 584 valence electrons. The molecule has 0 saturated heterocycles. The average molecular weight is 1540 g/mol. The van der Waals surface area contributed by atoms with Gasteiger partial charge in [0.15, 0.2) is 0 Å². The number of carbonyl (C=O) groups excluding carboxylic acids is 12. The van der Waals surface area contributed by atoms with Crippen molar-refractivity contribution in [3.05, 3.63) is 156 Å². The van der Waals surface area contributed by atoms with Crippen LogP contribution in [0.5, 0.6) is 5.75 Å². The molecule has 0 unspecified atom stereocenters. The summed E-state index contributed by atoms with van der Waals surface area (Å²) in [6.07, 6.45) is 1.94. The maximum absolute atomic E-state index is 15.3. The Morgan fingerprint density at radius 3 is 1.40 bits per heavy atom. The van der Waals surface area contributed by atoms with Crippen LogP contribution in [0.4, 0.5) is 0 Å². The Bertz CT molecular complexity index is 4390. The van der Waals surface area contributed by atoms with Crippen molar-refractivity contribution in [2.24, 2.45) is 17.4 Å². The van der Waals surface area contributed by atoms with Crippen LogP contribution in [-0.4, -0.2) is 201 Å². The zero-order valence-corrected chi connectivity index (χ0v) is 63.0. The molecular weight excluding hydrogens is 1450 g/mol. The highest BCUT2D eigenvalue weighted by Crippen LogP contribution is 2.24. The van der Waals surface area contributed by atoms with Gasteiger partial charge >= 0.3 is 5.97 Å². The number of primary amides is 1. The number of carboxylic acids is 1. The number of phenolic OH excluding ortho intramolecular Hbond substituents is 1. The molecule has 33 nitrogen and oxygen atoms in total. The molecule has 0 radical (unpaired) electrons. The molecule has 12 amide bonds. The highest BCUT2D eigenvalue weighted by molar-refractivity contribution is 7.82. The minimum atomic E-state index is -1.84. The smallest absolute Gasteiger partial charge is 0.305 e. The standard InChI is InChI=1S/C74H95N17O16S2/c1-37(2)58(89-67(102)53(29-43-33-79-49-21-15-13-19-47(43)49)85-66(101)55(31-57(95)96)83-62(97)38(3)82-71(106)60(76)73(5,6)108)69(104)91-61(74(7,8)109)72(107)88-51(27-41-22-24-45(93)25-23-41)64(99)84-52(28-42-32-78-48-20-14-12-18-46(42)48)65(100)86-54(30-44-34-77-36-81-44)68(103)90-59(39(4)92)70(105)87-50(63(98)80-35-56(75)94)26-40-16-10-9-11-17-40/h9-25,32-34,36-39,50-55,58-61,78-79,92-93,108-109H,26-31,35,76H2,1-8H3,(H2,75,94)(H,77,81)(H,80,98)(H,82,106)(H,83,97)(H,84,99)(H,85,101)(H,86,100)(H,87,105)(H,88,107)(H,89,102)(H,90,103)(H,91,104)(H,95,96)/t38-,39+,50-,51-,52-,53-,54-,55-,58-,59-,60+,61+/m0/s1. The first-order valence-corrected chi connectivity index (χ1v) is 35.9. The number of fused-ring (bicyclic) bond motifs is 2. The number of nitrogens with one attached hydrogen (secondary N) is 14. The number of imidazole rings is 1. The summed E-state index contributed by atoms with van der Waals surface area (Å²) in [7, 11) is 0. The van der Waals surface area contributed by atoms with Gasteiger partial charge in [-0.3, -0.25) is 62.3 Å². The third kappa shape index (κ3) is 24.9. The SMILES string of the molecule is CC(C)[C@H](NC(=O)[C@H](Cc1c[nH]c2ccccc12)NC(=O)[C@H](CC(=O)O)NC(=O)[C@H](C)NC(=O)[C@@H](N)C(C)(C)S)C(=O)N[C@H](C(=O)N[C@@H](Cc1ccc(O)cc1)C(=O)N[C@@H](Cc1c[nH]c2ccccc12)C(=O)N[C@@H](Cc1cnc[nH]1)C(=O)N[C@H](C(=O)N[C@@H](Cc1ccccc1)C(=O)NCC(N)=O)[C@@H](C)O)C(C)(C)S. The van der Waals surface area contributed by atoms with Crippen LogP contribution < -0.4 is 70.0 Å². The Kier molecular flexibility index (Phi) is 30.0. The van der Waals surface area contributed by atoms with Crippen LogP contribution in [0.15, 0.2) is 128 Å². The topological polar surface area (TPSA) is 527 Å². The number of rotatable bonds is 39. The van der Waals surface area contributed by atoms with E-state index in [1.807, 2.05) is 0 Å². The zero-order chi connectivity index (χ0) is 80.2. The predicted molar refractivity (Wildman–Crippen MR) is 408 cm³/mol. The predicted octanol–water partition coefficient (Wildman–Crippen LogP) is -0.684. The number of aliphatic carboxylic acids is 1.